The third-order valence-electron chi connectivity index (χ3n) is 8.33. The Bertz CT molecular complexity index is 1370. The van der Waals surface area contributed by atoms with Gasteiger partial charge in [0.05, 0.1) is 30.6 Å². The fourth-order valence-electron chi connectivity index (χ4n) is 5.69. The van der Waals surface area contributed by atoms with E-state index in [2.05, 4.69) is 45.3 Å². The number of carbonyl (C=O) groups is 1. The molecule has 0 radical (unpaired) electrons. The summed E-state index contributed by atoms with van der Waals surface area (Å²) in [5.74, 6) is 1.41. The Hall–Kier alpha value is -3.52. The highest BCUT2D eigenvalue weighted by molar-refractivity contribution is 6.07. The third-order valence-corrected chi connectivity index (χ3v) is 8.33. The van der Waals surface area contributed by atoms with Crippen LogP contribution in [0.5, 0.6) is 5.75 Å². The van der Waals surface area contributed by atoms with Gasteiger partial charge >= 0.3 is 6.09 Å². The second-order valence-electron chi connectivity index (χ2n) is 11.6. The number of amides is 1. The molecule has 6 rings (SSSR count). The molecule has 1 atom stereocenters. The van der Waals surface area contributed by atoms with Crippen molar-refractivity contribution in [1.29, 1.82) is 0 Å². The number of ether oxygens (including phenoxy) is 3. The molecule has 3 aliphatic rings. The van der Waals surface area contributed by atoms with Crippen molar-refractivity contribution in [2.45, 2.75) is 70.1 Å². The molecule has 1 aromatic heterocycles. The molecule has 40 heavy (non-hydrogen) atoms. The van der Waals surface area contributed by atoms with Gasteiger partial charge in [-0.15, -0.1) is 0 Å². The lowest BCUT2D eigenvalue weighted by Crippen LogP contribution is -2.25. The minimum absolute atomic E-state index is 0.0451. The highest BCUT2D eigenvalue weighted by atomic mass is 16.6. The molecule has 0 spiro atoms. The number of hydrogen-bond acceptors (Lipinski definition) is 6. The minimum atomic E-state index is -0.397. The Kier molecular flexibility index (Phi) is 7.69. The number of nitrogens with one attached hydrogen (secondary N) is 1. The standard InChI is InChI=1S/C32H40N4O4/c1-21(22-7-8-22)39-32(37)34-24-11-9-23(10-12-24)31-29(20-33-35(2)3)28-14-13-27(40-26-15-17-38-18-16-26)19-30(28)36(31)25-5-4-6-25/h9-14,19-22,25-26H,4-8,15-18H2,1-3H3,(H,34,37). The number of benzene rings is 2. The van der Waals surface area contributed by atoms with E-state index in [9.17, 15) is 4.79 Å². The molecule has 1 N–H and O–H groups in total. The molecular formula is C32H40N4O4. The molecule has 212 valence electrons. The fraction of sp³-hybridized carbons (Fsp3) is 0.500. The largest absolute Gasteiger partial charge is 0.490 e. The molecular weight excluding hydrogens is 504 g/mol. The van der Waals surface area contributed by atoms with E-state index < -0.39 is 6.09 Å². The maximum atomic E-state index is 12.4. The molecule has 2 aromatic carbocycles. The van der Waals surface area contributed by atoms with Crippen LogP contribution in [-0.2, 0) is 9.47 Å². The molecule has 8 nitrogen and oxygen atoms in total. The van der Waals surface area contributed by atoms with E-state index in [0.29, 0.717) is 12.0 Å². The SMILES string of the molecule is CC(OC(=O)Nc1ccc(-c2c(C=NN(C)C)c3ccc(OC4CCOCC4)cc3n2C2CCC2)cc1)C1CC1. The average molecular weight is 545 g/mol. The van der Waals surface area contributed by atoms with Gasteiger partial charge in [-0.1, -0.05) is 12.1 Å². The van der Waals surface area contributed by atoms with Crippen molar-refractivity contribution in [3.63, 3.8) is 0 Å². The number of carbonyl (C=O) groups excluding carboxylic acids is 1. The van der Waals surface area contributed by atoms with Crippen LogP contribution in [0.25, 0.3) is 22.2 Å². The van der Waals surface area contributed by atoms with Crippen LogP contribution in [-0.4, -0.2) is 61.4 Å². The fourth-order valence-corrected chi connectivity index (χ4v) is 5.69. The van der Waals surface area contributed by atoms with E-state index in [0.717, 1.165) is 85.4 Å². The summed E-state index contributed by atoms with van der Waals surface area (Å²) < 4.78 is 20.0. The Morgan fingerprint density at radius 2 is 1.82 bits per heavy atom. The van der Waals surface area contributed by atoms with Gasteiger partial charge in [-0.05, 0) is 74.8 Å². The van der Waals surface area contributed by atoms with Crippen LogP contribution in [0, 0.1) is 5.92 Å². The van der Waals surface area contributed by atoms with Crippen molar-refractivity contribution in [1.82, 2.24) is 9.58 Å². The van der Waals surface area contributed by atoms with Crippen molar-refractivity contribution < 1.29 is 19.0 Å². The van der Waals surface area contributed by atoms with Gasteiger partial charge in [0, 0.05) is 55.7 Å². The average Bonchev–Trinajstić information content (AvgIpc) is 3.72. The van der Waals surface area contributed by atoms with Crippen LogP contribution in [0.4, 0.5) is 10.5 Å². The van der Waals surface area contributed by atoms with Crippen molar-refractivity contribution in [2.75, 3.05) is 32.6 Å². The van der Waals surface area contributed by atoms with E-state index >= 15 is 0 Å². The molecule has 2 heterocycles. The molecule has 2 saturated carbocycles. The Labute approximate surface area is 236 Å². The smallest absolute Gasteiger partial charge is 0.411 e. The van der Waals surface area contributed by atoms with E-state index in [-0.39, 0.29) is 12.2 Å². The molecule has 2 aliphatic carbocycles. The first-order chi connectivity index (χ1) is 19.5. The van der Waals surface area contributed by atoms with Crippen molar-refractivity contribution >= 4 is 28.9 Å². The Morgan fingerprint density at radius 1 is 1.07 bits per heavy atom. The van der Waals surface area contributed by atoms with Crippen LogP contribution in [0.2, 0.25) is 0 Å². The third kappa shape index (κ3) is 5.82. The van der Waals surface area contributed by atoms with Gasteiger partial charge < -0.3 is 23.8 Å². The predicted octanol–water partition coefficient (Wildman–Crippen LogP) is 6.83. The lowest BCUT2D eigenvalue weighted by atomic mass is 9.92. The van der Waals surface area contributed by atoms with Crippen LogP contribution in [0.15, 0.2) is 47.6 Å². The van der Waals surface area contributed by atoms with E-state index in [1.165, 1.54) is 11.9 Å². The molecule has 1 saturated heterocycles. The van der Waals surface area contributed by atoms with Gasteiger partial charge in [-0.2, -0.15) is 5.10 Å². The first-order valence-corrected chi connectivity index (χ1v) is 14.7. The first-order valence-electron chi connectivity index (χ1n) is 14.7. The number of rotatable bonds is 9. The topological polar surface area (TPSA) is 77.3 Å². The summed E-state index contributed by atoms with van der Waals surface area (Å²) in [6, 6.07) is 14.9. The normalized spacial score (nSPS) is 19.0. The van der Waals surface area contributed by atoms with Gasteiger partial charge in [0.1, 0.15) is 18.0 Å². The van der Waals surface area contributed by atoms with E-state index in [1.807, 2.05) is 44.4 Å². The summed E-state index contributed by atoms with van der Waals surface area (Å²) in [6.07, 6.45) is 9.36. The maximum absolute atomic E-state index is 12.4. The monoisotopic (exact) mass is 544 g/mol. The second kappa shape index (κ2) is 11.5. The number of fused-ring (bicyclic) bond motifs is 1. The van der Waals surface area contributed by atoms with Gasteiger partial charge in [-0.25, -0.2) is 4.79 Å². The second-order valence-corrected chi connectivity index (χ2v) is 11.6. The number of anilines is 1. The summed E-state index contributed by atoms with van der Waals surface area (Å²) in [5.41, 5.74) is 5.21. The van der Waals surface area contributed by atoms with Crippen LogP contribution in [0.1, 0.15) is 63.5 Å². The molecule has 1 unspecified atom stereocenters. The van der Waals surface area contributed by atoms with E-state index in [1.54, 1.807) is 0 Å². The van der Waals surface area contributed by atoms with Gasteiger partial charge in [0.2, 0.25) is 0 Å². The molecule has 8 heteroatoms. The summed E-state index contributed by atoms with van der Waals surface area (Å²) in [6.45, 7) is 3.47. The zero-order valence-corrected chi connectivity index (χ0v) is 23.8. The van der Waals surface area contributed by atoms with Crippen molar-refractivity contribution in [3.05, 3.63) is 48.0 Å². The zero-order valence-electron chi connectivity index (χ0n) is 23.8. The summed E-state index contributed by atoms with van der Waals surface area (Å²) in [7, 11) is 3.87. The molecule has 1 aliphatic heterocycles. The van der Waals surface area contributed by atoms with E-state index in [4.69, 9.17) is 14.2 Å². The maximum Gasteiger partial charge on any atom is 0.411 e. The number of nitrogens with zero attached hydrogens (tertiary/aromatic N) is 3. The lowest BCUT2D eigenvalue weighted by molar-refractivity contribution is 0.0256. The molecule has 0 bridgehead atoms. The van der Waals surface area contributed by atoms with Crippen molar-refractivity contribution in [2.24, 2.45) is 11.0 Å². The first kappa shape index (κ1) is 26.7. The van der Waals surface area contributed by atoms with Crippen molar-refractivity contribution in [3.8, 4) is 17.0 Å². The minimum Gasteiger partial charge on any atom is -0.490 e. The summed E-state index contributed by atoms with van der Waals surface area (Å²) in [4.78, 5) is 12.4. The number of hydrazone groups is 1. The van der Waals surface area contributed by atoms with Crippen LogP contribution < -0.4 is 10.1 Å². The van der Waals surface area contributed by atoms with Crippen LogP contribution >= 0.6 is 0 Å². The molecule has 3 aromatic rings. The molecule has 3 fully saturated rings. The molecule has 1 amide bonds. The Morgan fingerprint density at radius 3 is 2.48 bits per heavy atom. The van der Waals surface area contributed by atoms with Gasteiger partial charge in [-0.3, -0.25) is 5.32 Å². The lowest BCUT2D eigenvalue weighted by Gasteiger charge is -2.30. The Balaban J connectivity index is 1.35. The van der Waals surface area contributed by atoms with Crippen LogP contribution in [0.3, 0.4) is 0 Å². The van der Waals surface area contributed by atoms with Gasteiger partial charge in [0.25, 0.3) is 0 Å². The quantitative estimate of drug-likeness (QED) is 0.236. The zero-order chi connectivity index (χ0) is 27.6. The summed E-state index contributed by atoms with van der Waals surface area (Å²) >= 11 is 0. The highest BCUT2D eigenvalue weighted by Crippen LogP contribution is 2.43. The predicted molar refractivity (Wildman–Crippen MR) is 158 cm³/mol. The van der Waals surface area contributed by atoms with Gasteiger partial charge in [0.15, 0.2) is 0 Å². The summed E-state index contributed by atoms with van der Waals surface area (Å²) in [5, 5.41) is 10.5. The number of aromatic nitrogens is 1. The highest BCUT2D eigenvalue weighted by Gasteiger charge is 2.31. The number of hydrogen-bond donors (Lipinski definition) is 1.